The zero-order valence-corrected chi connectivity index (χ0v) is 13.2. The van der Waals surface area contributed by atoms with E-state index < -0.39 is 0 Å². The molecule has 0 aliphatic heterocycles. The Bertz CT molecular complexity index is 568. The predicted octanol–water partition coefficient (Wildman–Crippen LogP) is 4.77. The van der Waals surface area contributed by atoms with Crippen molar-refractivity contribution < 1.29 is 0 Å². The normalized spacial score (nSPS) is 14.4. The first-order valence-corrected chi connectivity index (χ1v) is 7.82. The third-order valence-electron chi connectivity index (χ3n) is 3.93. The standard InChI is InChI=1S/C17H23ClN2/c1-4-9-19-16(5-2)12(3)14-8-10-20-17-11-13(18)6-7-15(14)17/h6-8,10-12,16,19H,4-5,9H2,1-3H3. The van der Waals surface area contributed by atoms with E-state index in [0.29, 0.717) is 12.0 Å². The Morgan fingerprint density at radius 3 is 2.75 bits per heavy atom. The van der Waals surface area contributed by atoms with E-state index in [1.165, 1.54) is 10.9 Å². The van der Waals surface area contributed by atoms with Gasteiger partial charge in [-0.25, -0.2) is 0 Å². The van der Waals surface area contributed by atoms with Crippen molar-refractivity contribution in [1.82, 2.24) is 10.3 Å². The van der Waals surface area contributed by atoms with E-state index in [9.17, 15) is 0 Å². The van der Waals surface area contributed by atoms with Crippen LogP contribution in [0.3, 0.4) is 0 Å². The molecule has 2 rings (SSSR count). The van der Waals surface area contributed by atoms with Gasteiger partial charge in [0, 0.05) is 22.6 Å². The molecular weight excluding hydrogens is 268 g/mol. The van der Waals surface area contributed by atoms with E-state index in [2.05, 4.69) is 43.2 Å². The van der Waals surface area contributed by atoms with Crippen molar-refractivity contribution in [3.8, 4) is 0 Å². The Labute approximate surface area is 126 Å². The molecule has 1 aromatic carbocycles. The first-order valence-electron chi connectivity index (χ1n) is 7.44. The fraction of sp³-hybridized carbons (Fsp3) is 0.471. The number of benzene rings is 1. The molecule has 2 aromatic rings. The Morgan fingerprint density at radius 1 is 1.25 bits per heavy atom. The molecule has 0 fully saturated rings. The molecular formula is C17H23ClN2. The molecule has 0 amide bonds. The molecule has 0 aliphatic carbocycles. The van der Waals surface area contributed by atoms with E-state index >= 15 is 0 Å². The number of pyridine rings is 1. The summed E-state index contributed by atoms with van der Waals surface area (Å²) in [6.07, 6.45) is 4.17. The minimum absolute atomic E-state index is 0.457. The predicted molar refractivity (Wildman–Crippen MR) is 87.5 cm³/mol. The maximum Gasteiger partial charge on any atom is 0.0719 e. The van der Waals surface area contributed by atoms with Gasteiger partial charge in [0.25, 0.3) is 0 Å². The third kappa shape index (κ3) is 3.31. The van der Waals surface area contributed by atoms with Gasteiger partial charge in [-0.05, 0) is 49.1 Å². The van der Waals surface area contributed by atoms with Crippen LogP contribution in [0.15, 0.2) is 30.5 Å². The van der Waals surface area contributed by atoms with Gasteiger partial charge < -0.3 is 5.32 Å². The highest BCUT2D eigenvalue weighted by atomic mass is 35.5. The Balaban J connectivity index is 2.35. The molecule has 108 valence electrons. The molecule has 0 radical (unpaired) electrons. The molecule has 0 aliphatic rings. The number of hydrogen-bond acceptors (Lipinski definition) is 2. The lowest BCUT2D eigenvalue weighted by Gasteiger charge is -2.25. The van der Waals surface area contributed by atoms with Gasteiger partial charge in [0.1, 0.15) is 0 Å². The molecule has 1 heterocycles. The molecule has 0 saturated carbocycles. The van der Waals surface area contributed by atoms with Gasteiger partial charge in [-0.2, -0.15) is 0 Å². The first kappa shape index (κ1) is 15.3. The maximum atomic E-state index is 6.06. The summed E-state index contributed by atoms with van der Waals surface area (Å²) >= 11 is 6.06. The number of nitrogens with one attached hydrogen (secondary N) is 1. The zero-order chi connectivity index (χ0) is 14.5. The monoisotopic (exact) mass is 290 g/mol. The highest BCUT2D eigenvalue weighted by Crippen LogP contribution is 2.29. The van der Waals surface area contributed by atoms with Crippen molar-refractivity contribution in [3.05, 3.63) is 41.0 Å². The maximum absolute atomic E-state index is 6.06. The zero-order valence-electron chi connectivity index (χ0n) is 12.5. The third-order valence-corrected chi connectivity index (χ3v) is 4.16. The van der Waals surface area contributed by atoms with Gasteiger partial charge in [0.05, 0.1) is 5.52 Å². The minimum Gasteiger partial charge on any atom is -0.313 e. The lowest BCUT2D eigenvalue weighted by Crippen LogP contribution is -2.33. The number of hydrogen-bond donors (Lipinski definition) is 1. The summed E-state index contributed by atoms with van der Waals surface area (Å²) in [6, 6.07) is 8.60. The van der Waals surface area contributed by atoms with Gasteiger partial charge in [-0.3, -0.25) is 4.98 Å². The lowest BCUT2D eigenvalue weighted by atomic mass is 9.89. The van der Waals surface area contributed by atoms with E-state index in [1.807, 2.05) is 18.3 Å². The van der Waals surface area contributed by atoms with Crippen molar-refractivity contribution in [2.75, 3.05) is 6.54 Å². The van der Waals surface area contributed by atoms with Crippen LogP contribution in [0.4, 0.5) is 0 Å². The van der Waals surface area contributed by atoms with Crippen LogP contribution in [0.25, 0.3) is 10.9 Å². The molecule has 3 heteroatoms. The molecule has 2 atom stereocenters. The number of halogens is 1. The summed E-state index contributed by atoms with van der Waals surface area (Å²) in [5.41, 5.74) is 2.33. The number of aromatic nitrogens is 1. The highest BCUT2D eigenvalue weighted by Gasteiger charge is 2.18. The van der Waals surface area contributed by atoms with Crippen molar-refractivity contribution in [2.24, 2.45) is 0 Å². The van der Waals surface area contributed by atoms with Crippen LogP contribution in [0, 0.1) is 0 Å². The minimum atomic E-state index is 0.457. The summed E-state index contributed by atoms with van der Waals surface area (Å²) in [7, 11) is 0. The first-order chi connectivity index (χ1) is 9.67. The summed E-state index contributed by atoms with van der Waals surface area (Å²) in [6.45, 7) is 7.80. The quantitative estimate of drug-likeness (QED) is 0.829. The molecule has 0 spiro atoms. The Morgan fingerprint density at radius 2 is 2.05 bits per heavy atom. The molecule has 2 nitrogen and oxygen atoms in total. The van der Waals surface area contributed by atoms with Gasteiger partial charge in [-0.1, -0.05) is 38.4 Å². The Hall–Kier alpha value is -1.12. The fourth-order valence-electron chi connectivity index (χ4n) is 2.76. The average molecular weight is 291 g/mol. The molecule has 0 bridgehead atoms. The molecule has 1 N–H and O–H groups in total. The van der Waals surface area contributed by atoms with Gasteiger partial charge in [0.2, 0.25) is 0 Å². The molecule has 0 saturated heterocycles. The van der Waals surface area contributed by atoms with E-state index in [0.717, 1.165) is 29.9 Å². The summed E-state index contributed by atoms with van der Waals surface area (Å²) < 4.78 is 0. The van der Waals surface area contributed by atoms with Crippen molar-refractivity contribution in [2.45, 2.75) is 45.6 Å². The number of nitrogens with zero attached hydrogens (tertiary/aromatic N) is 1. The van der Waals surface area contributed by atoms with Crippen LogP contribution in [0.5, 0.6) is 0 Å². The smallest absolute Gasteiger partial charge is 0.0719 e. The number of rotatable bonds is 6. The van der Waals surface area contributed by atoms with Gasteiger partial charge >= 0.3 is 0 Å². The van der Waals surface area contributed by atoms with Crippen LogP contribution in [-0.2, 0) is 0 Å². The van der Waals surface area contributed by atoms with Crippen LogP contribution < -0.4 is 5.32 Å². The van der Waals surface area contributed by atoms with Crippen molar-refractivity contribution in [3.63, 3.8) is 0 Å². The topological polar surface area (TPSA) is 24.9 Å². The van der Waals surface area contributed by atoms with Gasteiger partial charge in [0.15, 0.2) is 0 Å². The molecule has 20 heavy (non-hydrogen) atoms. The SMILES string of the molecule is CCCNC(CC)C(C)c1ccnc2cc(Cl)ccc12. The fourth-order valence-corrected chi connectivity index (χ4v) is 2.93. The van der Waals surface area contributed by atoms with Gasteiger partial charge in [-0.15, -0.1) is 0 Å². The Kier molecular flexibility index (Phi) is 5.38. The second-order valence-electron chi connectivity index (χ2n) is 5.32. The van der Waals surface area contributed by atoms with Crippen molar-refractivity contribution >= 4 is 22.5 Å². The summed E-state index contributed by atoms with van der Waals surface area (Å²) in [4.78, 5) is 4.43. The van der Waals surface area contributed by atoms with E-state index in [1.54, 1.807) is 0 Å². The summed E-state index contributed by atoms with van der Waals surface area (Å²) in [5.74, 6) is 0.457. The second kappa shape index (κ2) is 7.05. The van der Waals surface area contributed by atoms with Crippen LogP contribution in [-0.4, -0.2) is 17.6 Å². The van der Waals surface area contributed by atoms with E-state index in [-0.39, 0.29) is 0 Å². The highest BCUT2D eigenvalue weighted by molar-refractivity contribution is 6.31. The average Bonchev–Trinajstić information content (AvgIpc) is 2.46. The van der Waals surface area contributed by atoms with E-state index in [4.69, 9.17) is 11.6 Å². The second-order valence-corrected chi connectivity index (χ2v) is 5.76. The van der Waals surface area contributed by atoms with Crippen LogP contribution >= 0.6 is 11.6 Å². The summed E-state index contributed by atoms with van der Waals surface area (Å²) in [5, 5.41) is 5.60. The number of fused-ring (bicyclic) bond motifs is 1. The molecule has 2 unspecified atom stereocenters. The lowest BCUT2D eigenvalue weighted by molar-refractivity contribution is 0.439. The van der Waals surface area contributed by atoms with Crippen LogP contribution in [0.1, 0.15) is 45.1 Å². The van der Waals surface area contributed by atoms with Crippen molar-refractivity contribution in [1.29, 1.82) is 0 Å². The van der Waals surface area contributed by atoms with Crippen LogP contribution in [0.2, 0.25) is 5.02 Å². The molecule has 1 aromatic heterocycles. The largest absolute Gasteiger partial charge is 0.313 e.